The Morgan fingerprint density at radius 3 is 2.57 bits per heavy atom. The predicted molar refractivity (Wildman–Crippen MR) is 89.5 cm³/mol. The highest BCUT2D eigenvalue weighted by Crippen LogP contribution is 2.27. The smallest absolute Gasteiger partial charge is 0.336 e. The largest absolute Gasteiger partial charge is 0.478 e. The number of benzene rings is 1. The summed E-state index contributed by atoms with van der Waals surface area (Å²) in [7, 11) is 0. The molecule has 0 saturated heterocycles. The molecule has 3 rings (SSSR count). The van der Waals surface area contributed by atoms with Crippen molar-refractivity contribution >= 4 is 17.0 Å². The van der Waals surface area contributed by atoms with Gasteiger partial charge in [-0.05, 0) is 18.9 Å². The second kappa shape index (κ2) is 5.83. The molecule has 1 N–H and O–H groups in total. The lowest BCUT2D eigenvalue weighted by molar-refractivity contribution is 0.0699. The number of aromatic nitrogens is 3. The molecule has 0 aliphatic rings. The maximum absolute atomic E-state index is 11.7. The molecule has 5 heteroatoms. The molecule has 0 fully saturated rings. The van der Waals surface area contributed by atoms with E-state index >= 15 is 0 Å². The van der Waals surface area contributed by atoms with Crippen LogP contribution in [-0.4, -0.2) is 25.8 Å². The normalized spacial score (nSPS) is 11.3. The standard InChI is InChI=1S/C18H19N3O2/c1-11(2)10-21-17-16(12(3)20-21)14(18(22)23)9-15(19-17)13-7-5-4-6-8-13/h4-9,11H,10H2,1-3H3,(H,22,23). The van der Waals surface area contributed by atoms with Crippen molar-refractivity contribution in [3.8, 4) is 11.3 Å². The van der Waals surface area contributed by atoms with E-state index in [4.69, 9.17) is 4.98 Å². The molecule has 118 valence electrons. The first kappa shape index (κ1) is 15.2. The topological polar surface area (TPSA) is 68.0 Å². The van der Waals surface area contributed by atoms with Gasteiger partial charge in [0.05, 0.1) is 22.3 Å². The van der Waals surface area contributed by atoms with Crippen LogP contribution in [0.2, 0.25) is 0 Å². The van der Waals surface area contributed by atoms with Crippen LogP contribution in [0, 0.1) is 12.8 Å². The third-order valence-corrected chi connectivity index (χ3v) is 3.72. The third-order valence-electron chi connectivity index (χ3n) is 3.72. The summed E-state index contributed by atoms with van der Waals surface area (Å²) in [5.41, 5.74) is 3.13. The second-order valence-electron chi connectivity index (χ2n) is 6.09. The fourth-order valence-corrected chi connectivity index (χ4v) is 2.75. The first-order valence-electron chi connectivity index (χ1n) is 7.64. The number of rotatable bonds is 4. The highest BCUT2D eigenvalue weighted by atomic mass is 16.4. The van der Waals surface area contributed by atoms with E-state index < -0.39 is 5.97 Å². The van der Waals surface area contributed by atoms with Gasteiger partial charge in [0, 0.05) is 12.1 Å². The van der Waals surface area contributed by atoms with E-state index in [9.17, 15) is 9.90 Å². The Balaban J connectivity index is 2.30. The van der Waals surface area contributed by atoms with Gasteiger partial charge in [-0.1, -0.05) is 44.2 Å². The van der Waals surface area contributed by atoms with E-state index in [0.29, 0.717) is 34.9 Å². The lowest BCUT2D eigenvalue weighted by Crippen LogP contribution is -2.08. The van der Waals surface area contributed by atoms with Gasteiger partial charge in [0.1, 0.15) is 0 Å². The number of nitrogens with zero attached hydrogens (tertiary/aromatic N) is 3. The van der Waals surface area contributed by atoms with E-state index in [0.717, 1.165) is 5.56 Å². The van der Waals surface area contributed by atoms with Crippen LogP contribution >= 0.6 is 0 Å². The Kier molecular flexibility index (Phi) is 3.86. The van der Waals surface area contributed by atoms with E-state index in [2.05, 4.69) is 18.9 Å². The van der Waals surface area contributed by atoms with Crippen molar-refractivity contribution < 1.29 is 9.90 Å². The highest BCUT2D eigenvalue weighted by Gasteiger charge is 2.19. The van der Waals surface area contributed by atoms with Gasteiger partial charge in [-0.15, -0.1) is 0 Å². The molecule has 3 aromatic rings. The molecule has 0 unspecified atom stereocenters. The quantitative estimate of drug-likeness (QED) is 0.796. The van der Waals surface area contributed by atoms with E-state index in [1.165, 1.54) is 0 Å². The first-order valence-corrected chi connectivity index (χ1v) is 7.64. The van der Waals surface area contributed by atoms with Gasteiger partial charge < -0.3 is 5.11 Å². The Hall–Kier alpha value is -2.69. The van der Waals surface area contributed by atoms with Crippen LogP contribution in [0.15, 0.2) is 36.4 Å². The minimum Gasteiger partial charge on any atom is -0.478 e. The Morgan fingerprint density at radius 1 is 1.26 bits per heavy atom. The average molecular weight is 309 g/mol. The summed E-state index contributed by atoms with van der Waals surface area (Å²) in [6.07, 6.45) is 0. The minimum atomic E-state index is -0.957. The van der Waals surface area contributed by atoms with Crippen LogP contribution in [0.4, 0.5) is 0 Å². The Labute approximate surface area is 134 Å². The fourth-order valence-electron chi connectivity index (χ4n) is 2.75. The number of aromatic carboxylic acids is 1. The summed E-state index contributed by atoms with van der Waals surface area (Å²) in [6, 6.07) is 11.2. The molecule has 0 saturated carbocycles. The molecular formula is C18H19N3O2. The summed E-state index contributed by atoms with van der Waals surface area (Å²) in [6.45, 7) is 6.73. The highest BCUT2D eigenvalue weighted by molar-refractivity contribution is 6.04. The van der Waals surface area contributed by atoms with Gasteiger partial charge in [-0.25, -0.2) is 14.5 Å². The van der Waals surface area contributed by atoms with Crippen LogP contribution in [0.1, 0.15) is 29.9 Å². The molecule has 0 radical (unpaired) electrons. The monoisotopic (exact) mass is 309 g/mol. The van der Waals surface area contributed by atoms with Crippen LogP contribution in [0.5, 0.6) is 0 Å². The first-order chi connectivity index (χ1) is 11.0. The zero-order valence-corrected chi connectivity index (χ0v) is 13.4. The summed E-state index contributed by atoms with van der Waals surface area (Å²) in [4.78, 5) is 16.4. The van der Waals surface area contributed by atoms with Gasteiger partial charge in [-0.2, -0.15) is 5.10 Å². The zero-order chi connectivity index (χ0) is 16.6. The van der Waals surface area contributed by atoms with Gasteiger partial charge >= 0.3 is 5.97 Å². The number of pyridine rings is 1. The van der Waals surface area contributed by atoms with Gasteiger partial charge in [0.25, 0.3) is 0 Å². The van der Waals surface area contributed by atoms with Gasteiger partial charge in [0.2, 0.25) is 0 Å². The maximum Gasteiger partial charge on any atom is 0.336 e. The van der Waals surface area contributed by atoms with Crippen molar-refractivity contribution in [3.63, 3.8) is 0 Å². The van der Waals surface area contributed by atoms with Crippen LogP contribution in [-0.2, 0) is 6.54 Å². The van der Waals surface area contributed by atoms with E-state index in [1.54, 1.807) is 6.07 Å². The van der Waals surface area contributed by atoms with Crippen molar-refractivity contribution in [1.82, 2.24) is 14.8 Å². The number of hydrogen-bond donors (Lipinski definition) is 1. The van der Waals surface area contributed by atoms with E-state index in [1.807, 2.05) is 41.9 Å². The second-order valence-corrected chi connectivity index (χ2v) is 6.09. The third kappa shape index (κ3) is 2.82. The van der Waals surface area contributed by atoms with Crippen molar-refractivity contribution in [2.45, 2.75) is 27.3 Å². The number of aryl methyl sites for hydroxylation is 1. The lowest BCUT2D eigenvalue weighted by atomic mass is 10.1. The van der Waals surface area contributed by atoms with Crippen LogP contribution < -0.4 is 0 Å². The number of carbonyl (C=O) groups is 1. The molecule has 0 bridgehead atoms. The minimum absolute atomic E-state index is 0.251. The number of fused-ring (bicyclic) bond motifs is 1. The zero-order valence-electron chi connectivity index (χ0n) is 13.4. The predicted octanol–water partition coefficient (Wildman–Crippen LogP) is 3.76. The van der Waals surface area contributed by atoms with Crippen molar-refractivity contribution in [2.24, 2.45) is 5.92 Å². The van der Waals surface area contributed by atoms with Crippen molar-refractivity contribution in [2.75, 3.05) is 0 Å². The SMILES string of the molecule is Cc1nn(CC(C)C)c2nc(-c3ccccc3)cc(C(=O)O)c12. The number of hydrogen-bond acceptors (Lipinski definition) is 3. The maximum atomic E-state index is 11.7. The van der Waals surface area contributed by atoms with Gasteiger partial charge in [0.15, 0.2) is 5.65 Å². The summed E-state index contributed by atoms with van der Waals surface area (Å²) < 4.78 is 1.81. The lowest BCUT2D eigenvalue weighted by Gasteiger charge is -2.08. The molecule has 23 heavy (non-hydrogen) atoms. The fraction of sp³-hybridized carbons (Fsp3) is 0.278. The summed E-state index contributed by atoms with van der Waals surface area (Å²) in [5, 5.41) is 14.7. The molecule has 0 aliphatic heterocycles. The molecule has 1 aromatic carbocycles. The summed E-state index contributed by atoms with van der Waals surface area (Å²) in [5.74, 6) is -0.560. The Bertz CT molecular complexity index is 867. The molecule has 2 heterocycles. The van der Waals surface area contributed by atoms with Crippen molar-refractivity contribution in [1.29, 1.82) is 0 Å². The molecule has 0 amide bonds. The van der Waals surface area contributed by atoms with Crippen LogP contribution in [0.25, 0.3) is 22.3 Å². The summed E-state index contributed by atoms with van der Waals surface area (Å²) >= 11 is 0. The van der Waals surface area contributed by atoms with Crippen molar-refractivity contribution in [3.05, 3.63) is 47.7 Å². The van der Waals surface area contributed by atoms with E-state index in [-0.39, 0.29) is 5.56 Å². The van der Waals surface area contributed by atoms with Gasteiger partial charge in [-0.3, -0.25) is 0 Å². The molecule has 0 atom stereocenters. The van der Waals surface area contributed by atoms with Crippen LogP contribution in [0.3, 0.4) is 0 Å². The number of carboxylic acid groups (broad SMARTS) is 1. The molecule has 5 nitrogen and oxygen atoms in total. The molecular weight excluding hydrogens is 290 g/mol. The Morgan fingerprint density at radius 2 is 1.96 bits per heavy atom. The molecule has 0 aliphatic carbocycles. The average Bonchev–Trinajstić information content (AvgIpc) is 2.83. The molecule has 0 spiro atoms. The molecule has 2 aromatic heterocycles. The number of carboxylic acids is 1.